The topological polar surface area (TPSA) is 51.4 Å². The van der Waals surface area contributed by atoms with E-state index in [2.05, 4.69) is 25.7 Å². The Morgan fingerprint density at radius 2 is 1.95 bits per heavy atom. The lowest BCUT2D eigenvalue weighted by molar-refractivity contribution is -0.0498. The number of nitrogens with two attached hydrogens (primary N) is 1. The van der Waals surface area contributed by atoms with E-state index < -0.39 is 6.61 Å². The van der Waals surface area contributed by atoms with Gasteiger partial charge in [0.05, 0.1) is 15.9 Å². The number of aromatic nitrogens is 1. The number of benzene rings is 1. The van der Waals surface area contributed by atoms with Gasteiger partial charge in [-0.2, -0.15) is 8.78 Å². The van der Waals surface area contributed by atoms with Crippen LogP contribution < -0.4 is 15.4 Å². The van der Waals surface area contributed by atoms with E-state index in [0.717, 1.165) is 21.5 Å². The van der Waals surface area contributed by atoms with Gasteiger partial charge in [0.2, 0.25) is 0 Å². The number of alkyl halides is 2. The van der Waals surface area contributed by atoms with E-state index in [1.165, 1.54) is 12.1 Å². The molecule has 0 radical (unpaired) electrons. The lowest BCUT2D eigenvalue weighted by Gasteiger charge is -2.21. The van der Waals surface area contributed by atoms with Crippen molar-refractivity contribution in [3.8, 4) is 5.75 Å². The van der Waals surface area contributed by atoms with Crippen molar-refractivity contribution in [2.24, 2.45) is 0 Å². The summed E-state index contributed by atoms with van der Waals surface area (Å²) in [5, 5.41) is 0. The average Bonchev–Trinajstić information content (AvgIpc) is 2.44. The van der Waals surface area contributed by atoms with Crippen molar-refractivity contribution >= 4 is 27.4 Å². The average molecular weight is 372 g/mol. The summed E-state index contributed by atoms with van der Waals surface area (Å²) < 4.78 is 29.4. The Morgan fingerprint density at radius 3 is 2.55 bits per heavy atom. The second-order valence-corrected chi connectivity index (χ2v) is 5.70. The molecule has 0 fully saturated rings. The summed E-state index contributed by atoms with van der Waals surface area (Å²) in [6, 6.07) is 8.34. The van der Waals surface area contributed by atoms with E-state index in [0.29, 0.717) is 12.2 Å². The van der Waals surface area contributed by atoms with Crippen LogP contribution in [0.15, 0.2) is 34.8 Å². The highest BCUT2D eigenvalue weighted by Crippen LogP contribution is 2.28. The number of rotatable bonds is 5. The van der Waals surface area contributed by atoms with Gasteiger partial charge in [-0.25, -0.2) is 4.98 Å². The molecule has 0 unspecified atom stereocenters. The Balaban J connectivity index is 2.11. The van der Waals surface area contributed by atoms with E-state index in [1.54, 1.807) is 12.1 Å². The van der Waals surface area contributed by atoms with Gasteiger partial charge in [0.15, 0.2) is 0 Å². The molecule has 0 amide bonds. The SMILES string of the molecule is Cc1nc(N(C)Cc2ccc(OC(F)F)cc2)c(Br)cc1N. The first kappa shape index (κ1) is 16.5. The predicted molar refractivity (Wildman–Crippen MR) is 86.3 cm³/mol. The lowest BCUT2D eigenvalue weighted by atomic mass is 10.2. The summed E-state index contributed by atoms with van der Waals surface area (Å²) in [5.41, 5.74) is 8.14. The summed E-state index contributed by atoms with van der Waals surface area (Å²) in [4.78, 5) is 6.40. The van der Waals surface area contributed by atoms with Gasteiger partial charge in [0.25, 0.3) is 0 Å². The second-order valence-electron chi connectivity index (χ2n) is 4.85. The highest BCUT2D eigenvalue weighted by Gasteiger charge is 2.11. The van der Waals surface area contributed by atoms with Crippen LogP contribution in [0.4, 0.5) is 20.3 Å². The molecule has 0 aliphatic rings. The normalized spacial score (nSPS) is 10.8. The maximum Gasteiger partial charge on any atom is 0.387 e. The van der Waals surface area contributed by atoms with Crippen LogP contribution in [0.2, 0.25) is 0 Å². The van der Waals surface area contributed by atoms with E-state index >= 15 is 0 Å². The van der Waals surface area contributed by atoms with Crippen molar-refractivity contribution in [1.29, 1.82) is 0 Å². The Morgan fingerprint density at radius 1 is 1.32 bits per heavy atom. The van der Waals surface area contributed by atoms with Gasteiger partial charge in [-0.1, -0.05) is 12.1 Å². The number of ether oxygens (including phenoxy) is 1. The fraction of sp³-hybridized carbons (Fsp3) is 0.267. The minimum Gasteiger partial charge on any atom is -0.435 e. The monoisotopic (exact) mass is 371 g/mol. The Labute approximate surface area is 136 Å². The summed E-state index contributed by atoms with van der Waals surface area (Å²) >= 11 is 3.45. The Kier molecular flexibility index (Phi) is 5.18. The third-order valence-electron chi connectivity index (χ3n) is 3.12. The zero-order chi connectivity index (χ0) is 16.3. The molecule has 0 aliphatic carbocycles. The molecule has 0 aliphatic heterocycles. The zero-order valence-electron chi connectivity index (χ0n) is 12.2. The van der Waals surface area contributed by atoms with Crippen LogP contribution in [0.1, 0.15) is 11.3 Å². The van der Waals surface area contributed by atoms with Crippen molar-refractivity contribution in [3.63, 3.8) is 0 Å². The first-order valence-corrected chi connectivity index (χ1v) is 7.33. The summed E-state index contributed by atoms with van der Waals surface area (Å²) in [6.07, 6.45) is 0. The molecule has 2 aromatic rings. The molecule has 118 valence electrons. The van der Waals surface area contributed by atoms with Crippen molar-refractivity contribution in [2.45, 2.75) is 20.1 Å². The smallest absolute Gasteiger partial charge is 0.387 e. The Hall–Kier alpha value is -1.89. The number of aryl methyl sites for hydroxylation is 1. The van der Waals surface area contributed by atoms with Crippen LogP contribution in [0.25, 0.3) is 0 Å². The molecule has 1 aromatic heterocycles. The van der Waals surface area contributed by atoms with Gasteiger partial charge < -0.3 is 15.4 Å². The highest BCUT2D eigenvalue weighted by molar-refractivity contribution is 9.10. The molecule has 2 N–H and O–H groups in total. The molecule has 0 saturated heterocycles. The van der Waals surface area contributed by atoms with E-state index in [1.807, 2.05) is 24.9 Å². The first-order chi connectivity index (χ1) is 10.4. The minimum atomic E-state index is -2.81. The van der Waals surface area contributed by atoms with Gasteiger partial charge in [0, 0.05) is 13.6 Å². The van der Waals surface area contributed by atoms with Gasteiger partial charge in [0.1, 0.15) is 11.6 Å². The molecular formula is C15H16BrF2N3O. The maximum atomic E-state index is 12.1. The minimum absolute atomic E-state index is 0.143. The first-order valence-electron chi connectivity index (χ1n) is 6.54. The number of halogens is 3. The zero-order valence-corrected chi connectivity index (χ0v) is 13.8. The lowest BCUT2D eigenvalue weighted by Crippen LogP contribution is -2.19. The molecule has 0 bridgehead atoms. The molecule has 22 heavy (non-hydrogen) atoms. The molecule has 1 heterocycles. The van der Waals surface area contributed by atoms with Crippen LogP contribution in [-0.4, -0.2) is 18.6 Å². The molecule has 4 nitrogen and oxygen atoms in total. The van der Waals surface area contributed by atoms with Crippen LogP contribution in [0, 0.1) is 6.92 Å². The molecule has 0 saturated carbocycles. The van der Waals surface area contributed by atoms with Gasteiger partial charge in [-0.15, -0.1) is 0 Å². The standard InChI is InChI=1S/C15H16BrF2N3O/c1-9-13(19)7-12(16)14(20-9)21(2)8-10-3-5-11(6-4-10)22-15(17)18/h3-7,15H,8,19H2,1-2H3. The van der Waals surface area contributed by atoms with E-state index in [4.69, 9.17) is 5.73 Å². The molecule has 0 spiro atoms. The molecule has 7 heteroatoms. The quantitative estimate of drug-likeness (QED) is 0.863. The van der Waals surface area contributed by atoms with Crippen LogP contribution in [0.5, 0.6) is 5.75 Å². The number of anilines is 2. The van der Waals surface area contributed by atoms with E-state index in [9.17, 15) is 8.78 Å². The second kappa shape index (κ2) is 6.91. The fourth-order valence-corrected chi connectivity index (χ4v) is 2.61. The van der Waals surface area contributed by atoms with Gasteiger partial charge in [-0.05, 0) is 46.6 Å². The molecule has 2 rings (SSSR count). The number of hydrogen-bond acceptors (Lipinski definition) is 4. The fourth-order valence-electron chi connectivity index (χ4n) is 1.98. The van der Waals surface area contributed by atoms with Crippen LogP contribution in [0.3, 0.4) is 0 Å². The van der Waals surface area contributed by atoms with Crippen molar-refractivity contribution in [2.75, 3.05) is 17.7 Å². The highest BCUT2D eigenvalue weighted by atomic mass is 79.9. The van der Waals surface area contributed by atoms with Crippen molar-refractivity contribution in [3.05, 3.63) is 46.1 Å². The predicted octanol–water partition coefficient (Wildman–Crippen LogP) is 3.97. The van der Waals surface area contributed by atoms with Gasteiger partial charge >= 0.3 is 6.61 Å². The summed E-state index contributed by atoms with van der Waals surface area (Å²) in [6.45, 7) is -0.397. The largest absolute Gasteiger partial charge is 0.435 e. The molecule has 0 atom stereocenters. The van der Waals surface area contributed by atoms with E-state index in [-0.39, 0.29) is 5.75 Å². The van der Waals surface area contributed by atoms with Crippen molar-refractivity contribution < 1.29 is 13.5 Å². The number of pyridine rings is 1. The van der Waals surface area contributed by atoms with Crippen LogP contribution in [-0.2, 0) is 6.54 Å². The molecular weight excluding hydrogens is 356 g/mol. The Bertz CT molecular complexity index is 650. The van der Waals surface area contributed by atoms with Gasteiger partial charge in [-0.3, -0.25) is 0 Å². The van der Waals surface area contributed by atoms with Crippen LogP contribution >= 0.6 is 15.9 Å². The summed E-state index contributed by atoms with van der Waals surface area (Å²) in [5.74, 6) is 0.906. The molecule has 1 aromatic carbocycles. The number of hydrogen-bond donors (Lipinski definition) is 1. The maximum absolute atomic E-state index is 12.1. The number of nitrogen functional groups attached to an aromatic ring is 1. The third-order valence-corrected chi connectivity index (χ3v) is 3.70. The summed E-state index contributed by atoms with van der Waals surface area (Å²) in [7, 11) is 1.90. The number of nitrogens with zero attached hydrogens (tertiary/aromatic N) is 2. The third kappa shape index (κ3) is 4.07. The van der Waals surface area contributed by atoms with Crippen molar-refractivity contribution in [1.82, 2.24) is 4.98 Å².